The average Bonchev–Trinajstić information content (AvgIpc) is 3.60. The highest BCUT2D eigenvalue weighted by atomic mass is 19.1. The van der Waals surface area contributed by atoms with E-state index in [1.807, 2.05) is 56.5 Å². The number of nitrogens with zero attached hydrogens (tertiary/aromatic N) is 6. The summed E-state index contributed by atoms with van der Waals surface area (Å²) in [5.74, 6) is 0.134. The zero-order valence-electron chi connectivity index (χ0n) is 20.7. The van der Waals surface area contributed by atoms with Crippen LogP contribution in [-0.2, 0) is 7.05 Å². The van der Waals surface area contributed by atoms with E-state index < -0.39 is 0 Å². The Hall–Kier alpha value is -4.57. The number of aromatic amines is 2. The van der Waals surface area contributed by atoms with Crippen LogP contribution >= 0.6 is 0 Å². The van der Waals surface area contributed by atoms with Crippen molar-refractivity contribution in [3.8, 4) is 39.4 Å². The largest absolute Gasteiger partial charge is 0.492 e. The molecular weight excluding hydrogens is 471 g/mol. The summed E-state index contributed by atoms with van der Waals surface area (Å²) in [4.78, 5) is 14.4. The molecule has 0 amide bonds. The number of aryl methyl sites for hydroxylation is 1. The summed E-state index contributed by atoms with van der Waals surface area (Å²) in [5, 5.41) is 13.5. The third-order valence-corrected chi connectivity index (χ3v) is 6.23. The third-order valence-electron chi connectivity index (χ3n) is 6.23. The highest BCUT2D eigenvalue weighted by molar-refractivity contribution is 5.99. The molecule has 6 rings (SSSR count). The van der Waals surface area contributed by atoms with E-state index in [9.17, 15) is 4.39 Å². The van der Waals surface area contributed by atoms with Crippen molar-refractivity contribution in [3.63, 3.8) is 0 Å². The van der Waals surface area contributed by atoms with Crippen LogP contribution in [-0.4, -0.2) is 67.1 Å². The summed E-state index contributed by atoms with van der Waals surface area (Å²) in [5.41, 5.74) is 6.34. The number of pyridine rings is 2. The Kier molecular flexibility index (Phi) is 5.65. The summed E-state index contributed by atoms with van der Waals surface area (Å²) >= 11 is 0. The molecule has 0 unspecified atom stereocenters. The Morgan fingerprint density at radius 2 is 1.86 bits per heavy atom. The van der Waals surface area contributed by atoms with E-state index in [1.165, 1.54) is 12.1 Å². The summed E-state index contributed by atoms with van der Waals surface area (Å²) < 4.78 is 22.1. The molecule has 1 aromatic carbocycles. The van der Waals surface area contributed by atoms with E-state index in [-0.39, 0.29) is 5.82 Å². The minimum absolute atomic E-state index is 0.356. The van der Waals surface area contributed by atoms with Crippen molar-refractivity contribution in [1.82, 2.24) is 39.8 Å². The van der Waals surface area contributed by atoms with E-state index in [0.29, 0.717) is 29.2 Å². The second-order valence-electron chi connectivity index (χ2n) is 9.23. The van der Waals surface area contributed by atoms with Crippen LogP contribution in [0.4, 0.5) is 4.39 Å². The van der Waals surface area contributed by atoms with Crippen molar-refractivity contribution in [3.05, 3.63) is 67.0 Å². The number of H-pyrrole nitrogens is 2. The summed E-state index contributed by atoms with van der Waals surface area (Å²) in [6.07, 6.45) is 7.26. The second kappa shape index (κ2) is 9.14. The third kappa shape index (κ3) is 4.43. The van der Waals surface area contributed by atoms with Crippen LogP contribution in [0.1, 0.15) is 0 Å². The molecule has 5 heterocycles. The van der Waals surface area contributed by atoms with E-state index in [1.54, 1.807) is 23.3 Å². The molecule has 0 aliphatic heterocycles. The second-order valence-corrected chi connectivity index (χ2v) is 9.23. The number of fused-ring (bicyclic) bond motifs is 2. The first-order valence-corrected chi connectivity index (χ1v) is 11.8. The molecule has 186 valence electrons. The van der Waals surface area contributed by atoms with Gasteiger partial charge in [0, 0.05) is 60.1 Å². The van der Waals surface area contributed by atoms with Gasteiger partial charge in [-0.3, -0.25) is 9.78 Å². The number of halogens is 1. The molecule has 0 saturated carbocycles. The zero-order valence-corrected chi connectivity index (χ0v) is 20.7. The molecule has 0 aliphatic carbocycles. The van der Waals surface area contributed by atoms with Gasteiger partial charge in [-0.15, -0.1) is 0 Å². The first-order valence-electron chi connectivity index (χ1n) is 11.8. The maximum atomic E-state index is 14.5. The van der Waals surface area contributed by atoms with Gasteiger partial charge in [-0.1, -0.05) is 0 Å². The van der Waals surface area contributed by atoms with Crippen molar-refractivity contribution >= 4 is 22.1 Å². The SMILES string of the molecule is CN(C)CCOc1cc(F)cc(-c2ccnc3[nH]c(-c4n[nH]c5ncc(-c6cnn(C)c6)cc45)cc23)c1. The molecule has 10 heteroatoms. The van der Waals surface area contributed by atoms with Crippen molar-refractivity contribution < 1.29 is 9.13 Å². The standard InChI is InChI=1S/C27H25FN8O/c1-35(2)6-7-37-20-9-16(8-19(28)11-20)21-4-5-29-26-22(21)12-24(32-26)25-23-10-17(13-30-27(23)34-33-25)18-14-31-36(3)15-18/h4-5,8-15H,6-7H2,1-3H3,(H,29,32)(H,30,33,34). The predicted molar refractivity (Wildman–Crippen MR) is 141 cm³/mol. The molecule has 0 bridgehead atoms. The topological polar surface area (TPSA) is 101 Å². The Bertz CT molecular complexity index is 1730. The average molecular weight is 497 g/mol. The van der Waals surface area contributed by atoms with Gasteiger partial charge >= 0.3 is 0 Å². The van der Waals surface area contributed by atoms with E-state index in [0.717, 1.165) is 45.4 Å². The van der Waals surface area contributed by atoms with Crippen LogP contribution in [0.25, 0.3) is 55.7 Å². The molecule has 5 aromatic heterocycles. The van der Waals surface area contributed by atoms with Crippen LogP contribution in [0.2, 0.25) is 0 Å². The number of ether oxygens (including phenoxy) is 1. The lowest BCUT2D eigenvalue weighted by molar-refractivity contribution is 0.260. The minimum atomic E-state index is -0.356. The van der Waals surface area contributed by atoms with Gasteiger partial charge in [0.2, 0.25) is 0 Å². The maximum absolute atomic E-state index is 14.5. The summed E-state index contributed by atoms with van der Waals surface area (Å²) in [6.45, 7) is 1.21. The number of nitrogens with one attached hydrogen (secondary N) is 2. The maximum Gasteiger partial charge on any atom is 0.155 e. The smallest absolute Gasteiger partial charge is 0.155 e. The highest BCUT2D eigenvalue weighted by Crippen LogP contribution is 2.35. The normalized spacial score (nSPS) is 11.7. The molecular formula is C27H25FN8O. The Morgan fingerprint density at radius 1 is 0.973 bits per heavy atom. The molecule has 6 aromatic rings. The predicted octanol–water partition coefficient (Wildman–Crippen LogP) is 4.65. The molecule has 0 saturated heterocycles. The molecule has 0 fully saturated rings. The van der Waals surface area contributed by atoms with Gasteiger partial charge in [0.1, 0.15) is 29.5 Å². The lowest BCUT2D eigenvalue weighted by Gasteiger charge is -2.12. The first kappa shape index (κ1) is 22.9. The fraction of sp³-hybridized carbons (Fsp3) is 0.185. The van der Waals surface area contributed by atoms with Gasteiger partial charge in [-0.25, -0.2) is 14.4 Å². The van der Waals surface area contributed by atoms with Crippen LogP contribution in [0.3, 0.4) is 0 Å². The highest BCUT2D eigenvalue weighted by Gasteiger charge is 2.16. The first-order chi connectivity index (χ1) is 17.9. The van der Waals surface area contributed by atoms with Crippen LogP contribution in [0, 0.1) is 5.82 Å². The Morgan fingerprint density at radius 3 is 2.68 bits per heavy atom. The Labute approximate surface area is 211 Å². The molecule has 0 aliphatic rings. The minimum Gasteiger partial charge on any atom is -0.492 e. The number of benzene rings is 1. The van der Waals surface area contributed by atoms with E-state index in [4.69, 9.17) is 4.74 Å². The fourth-order valence-corrected chi connectivity index (χ4v) is 4.39. The van der Waals surface area contributed by atoms with Gasteiger partial charge in [-0.05, 0) is 55.6 Å². The zero-order chi connectivity index (χ0) is 25.5. The van der Waals surface area contributed by atoms with Gasteiger partial charge in [0.05, 0.1) is 11.9 Å². The fourth-order valence-electron chi connectivity index (χ4n) is 4.39. The Balaban J connectivity index is 1.40. The van der Waals surface area contributed by atoms with E-state index in [2.05, 4.69) is 30.2 Å². The summed E-state index contributed by atoms with van der Waals surface area (Å²) in [6, 6.07) is 10.7. The van der Waals surface area contributed by atoms with Crippen LogP contribution < -0.4 is 4.74 Å². The number of aromatic nitrogens is 7. The molecule has 0 radical (unpaired) electrons. The van der Waals surface area contributed by atoms with Crippen LogP contribution in [0.5, 0.6) is 5.75 Å². The van der Waals surface area contributed by atoms with Crippen molar-refractivity contribution in [2.24, 2.45) is 7.05 Å². The number of rotatable bonds is 7. The number of hydrogen-bond donors (Lipinski definition) is 2. The number of hydrogen-bond acceptors (Lipinski definition) is 6. The molecule has 0 spiro atoms. The number of likely N-dealkylation sites (N-methyl/N-ethyl adjacent to an activating group) is 1. The van der Waals surface area contributed by atoms with Gasteiger partial charge in [0.15, 0.2) is 5.65 Å². The van der Waals surface area contributed by atoms with Crippen molar-refractivity contribution in [1.29, 1.82) is 0 Å². The van der Waals surface area contributed by atoms with Gasteiger partial charge in [-0.2, -0.15) is 10.2 Å². The van der Waals surface area contributed by atoms with Crippen molar-refractivity contribution in [2.45, 2.75) is 0 Å². The van der Waals surface area contributed by atoms with Gasteiger partial charge < -0.3 is 14.6 Å². The van der Waals surface area contributed by atoms with Crippen LogP contribution in [0.15, 0.2) is 61.2 Å². The summed E-state index contributed by atoms with van der Waals surface area (Å²) in [7, 11) is 5.82. The van der Waals surface area contributed by atoms with Crippen molar-refractivity contribution in [2.75, 3.05) is 27.2 Å². The monoisotopic (exact) mass is 496 g/mol. The molecule has 0 atom stereocenters. The molecule has 37 heavy (non-hydrogen) atoms. The quantitative estimate of drug-likeness (QED) is 0.334. The van der Waals surface area contributed by atoms with Gasteiger partial charge in [0.25, 0.3) is 0 Å². The molecule has 9 nitrogen and oxygen atoms in total. The van der Waals surface area contributed by atoms with E-state index >= 15 is 0 Å². The lowest BCUT2D eigenvalue weighted by atomic mass is 10.0. The lowest BCUT2D eigenvalue weighted by Crippen LogP contribution is -2.19. The molecule has 2 N–H and O–H groups in total.